The Morgan fingerprint density at radius 3 is 2.74 bits per heavy atom. The van der Waals surface area contributed by atoms with Gasteiger partial charge in [-0.3, -0.25) is 0 Å². The van der Waals surface area contributed by atoms with Crippen molar-refractivity contribution in [3.05, 3.63) is 28.7 Å². The zero-order valence-electron chi connectivity index (χ0n) is 11.2. The summed E-state index contributed by atoms with van der Waals surface area (Å²) >= 11 is 3.39. The molecule has 2 unspecified atom stereocenters. The van der Waals surface area contributed by atoms with Gasteiger partial charge in [0, 0.05) is 10.2 Å². The number of anilines is 1. The summed E-state index contributed by atoms with van der Waals surface area (Å²) in [5.74, 6) is -0.221. The molecule has 0 amide bonds. The maximum atomic E-state index is 11.7. The molecule has 0 heterocycles. The topological polar surface area (TPSA) is 49.3 Å². The second kappa shape index (κ2) is 5.95. The average Bonchev–Trinajstić information content (AvgIpc) is 2.41. The van der Waals surface area contributed by atoms with Crippen LogP contribution in [0.25, 0.3) is 0 Å². The summed E-state index contributed by atoms with van der Waals surface area (Å²) < 4.78 is 0.998. The van der Waals surface area contributed by atoms with Gasteiger partial charge in [0.2, 0.25) is 0 Å². The Morgan fingerprint density at radius 1 is 1.47 bits per heavy atom. The number of hydrogen-bond donors (Lipinski definition) is 2. The molecule has 1 fully saturated rings. The molecule has 0 radical (unpaired) electrons. The number of carboxylic acid groups (broad SMARTS) is 1. The summed E-state index contributed by atoms with van der Waals surface area (Å²) in [6, 6.07) is 7.70. The highest BCUT2D eigenvalue weighted by Gasteiger charge is 2.42. The van der Waals surface area contributed by atoms with Crippen LogP contribution in [0.1, 0.15) is 39.0 Å². The van der Waals surface area contributed by atoms with Crippen molar-refractivity contribution in [1.29, 1.82) is 0 Å². The second-order valence-electron chi connectivity index (χ2n) is 5.39. The fraction of sp³-hybridized carbons (Fsp3) is 0.533. The van der Waals surface area contributed by atoms with Crippen molar-refractivity contribution in [3.63, 3.8) is 0 Å². The van der Waals surface area contributed by atoms with Crippen molar-refractivity contribution >= 4 is 27.6 Å². The molecule has 2 N–H and O–H groups in total. The molecule has 0 aliphatic heterocycles. The van der Waals surface area contributed by atoms with Crippen LogP contribution < -0.4 is 5.32 Å². The summed E-state index contributed by atoms with van der Waals surface area (Å²) in [6.45, 7) is 2.14. The van der Waals surface area contributed by atoms with Gasteiger partial charge in [-0.05, 0) is 43.0 Å². The quantitative estimate of drug-likeness (QED) is 0.868. The summed E-state index contributed by atoms with van der Waals surface area (Å²) in [5.41, 5.74) is 0.0783. The third kappa shape index (κ3) is 3.30. The molecule has 0 saturated heterocycles. The first-order valence-corrected chi connectivity index (χ1v) is 7.62. The van der Waals surface area contributed by atoms with E-state index in [4.69, 9.17) is 0 Å². The molecule has 0 bridgehead atoms. The third-order valence-corrected chi connectivity index (χ3v) is 4.60. The number of benzene rings is 1. The van der Waals surface area contributed by atoms with Crippen molar-refractivity contribution in [2.45, 2.75) is 44.6 Å². The van der Waals surface area contributed by atoms with Crippen LogP contribution in [-0.4, -0.2) is 16.6 Å². The molecular formula is C15H20BrNO2. The maximum Gasteiger partial charge on any atom is 0.329 e. The second-order valence-corrected chi connectivity index (χ2v) is 6.31. The van der Waals surface area contributed by atoms with E-state index in [0.717, 1.165) is 35.8 Å². The molecule has 1 saturated carbocycles. The Balaban J connectivity index is 2.19. The van der Waals surface area contributed by atoms with Gasteiger partial charge in [-0.25, -0.2) is 4.79 Å². The Kier molecular flexibility index (Phi) is 4.50. The Labute approximate surface area is 122 Å². The van der Waals surface area contributed by atoms with E-state index in [-0.39, 0.29) is 0 Å². The Morgan fingerprint density at radius 2 is 2.16 bits per heavy atom. The van der Waals surface area contributed by atoms with Crippen LogP contribution >= 0.6 is 15.9 Å². The predicted octanol–water partition coefficient (Wildman–Crippen LogP) is 4.28. The Bertz CT molecular complexity index is 446. The van der Waals surface area contributed by atoms with Gasteiger partial charge in [-0.15, -0.1) is 0 Å². The van der Waals surface area contributed by atoms with E-state index >= 15 is 0 Å². The number of halogens is 1. The number of carboxylic acids is 1. The number of hydrogen-bond acceptors (Lipinski definition) is 2. The molecule has 2 rings (SSSR count). The molecule has 4 heteroatoms. The van der Waals surface area contributed by atoms with Gasteiger partial charge >= 0.3 is 5.97 Å². The van der Waals surface area contributed by atoms with Crippen LogP contribution in [0.3, 0.4) is 0 Å². The molecule has 1 aromatic carbocycles. The first-order valence-electron chi connectivity index (χ1n) is 6.83. The van der Waals surface area contributed by atoms with Gasteiger partial charge < -0.3 is 10.4 Å². The van der Waals surface area contributed by atoms with Crippen molar-refractivity contribution in [1.82, 2.24) is 0 Å². The summed E-state index contributed by atoms with van der Waals surface area (Å²) in [6.07, 6.45) is 4.60. The fourth-order valence-electron chi connectivity index (χ4n) is 2.91. The normalized spacial score (nSPS) is 26.9. The van der Waals surface area contributed by atoms with Gasteiger partial charge in [0.05, 0.1) is 0 Å². The molecule has 2 atom stereocenters. The fourth-order valence-corrected chi connectivity index (χ4v) is 3.17. The first-order chi connectivity index (χ1) is 9.05. The molecular weight excluding hydrogens is 306 g/mol. The number of rotatable bonds is 4. The third-order valence-electron chi connectivity index (χ3n) is 4.07. The smallest absolute Gasteiger partial charge is 0.329 e. The zero-order chi connectivity index (χ0) is 13.9. The SMILES string of the molecule is CCC1CCCC(Nc2ccc(Br)cc2)(C(=O)O)C1. The minimum absolute atomic E-state index is 0.507. The van der Waals surface area contributed by atoms with Gasteiger partial charge in [0.25, 0.3) is 0 Å². The van der Waals surface area contributed by atoms with Crippen LogP contribution in [0.5, 0.6) is 0 Å². The van der Waals surface area contributed by atoms with E-state index in [0.29, 0.717) is 12.3 Å². The van der Waals surface area contributed by atoms with Gasteiger partial charge in [-0.2, -0.15) is 0 Å². The van der Waals surface area contributed by atoms with E-state index in [9.17, 15) is 9.90 Å². The molecule has 1 aromatic rings. The van der Waals surface area contributed by atoms with Crippen LogP contribution in [0, 0.1) is 5.92 Å². The predicted molar refractivity (Wildman–Crippen MR) is 80.4 cm³/mol. The lowest BCUT2D eigenvalue weighted by molar-refractivity contribution is -0.144. The highest BCUT2D eigenvalue weighted by molar-refractivity contribution is 9.10. The largest absolute Gasteiger partial charge is 0.480 e. The van der Waals surface area contributed by atoms with Crippen LogP contribution in [0.15, 0.2) is 28.7 Å². The molecule has 1 aliphatic carbocycles. The molecule has 0 aromatic heterocycles. The minimum atomic E-state index is -0.799. The summed E-state index contributed by atoms with van der Waals surface area (Å²) in [4.78, 5) is 11.7. The number of nitrogens with one attached hydrogen (secondary N) is 1. The lowest BCUT2D eigenvalue weighted by atomic mass is 9.74. The van der Waals surface area contributed by atoms with E-state index in [1.165, 1.54) is 0 Å². The molecule has 3 nitrogen and oxygen atoms in total. The highest BCUT2D eigenvalue weighted by Crippen LogP contribution is 2.37. The number of aliphatic carboxylic acids is 1. The highest BCUT2D eigenvalue weighted by atomic mass is 79.9. The number of carbonyl (C=O) groups is 1. The maximum absolute atomic E-state index is 11.7. The minimum Gasteiger partial charge on any atom is -0.480 e. The van der Waals surface area contributed by atoms with Gasteiger partial charge in [0.1, 0.15) is 5.54 Å². The van der Waals surface area contributed by atoms with Crippen molar-refractivity contribution < 1.29 is 9.90 Å². The van der Waals surface area contributed by atoms with E-state index in [2.05, 4.69) is 28.2 Å². The molecule has 1 aliphatic rings. The monoisotopic (exact) mass is 325 g/mol. The Hall–Kier alpha value is -1.03. The van der Waals surface area contributed by atoms with Crippen molar-refractivity contribution in [3.8, 4) is 0 Å². The lowest BCUT2D eigenvalue weighted by Gasteiger charge is -2.38. The van der Waals surface area contributed by atoms with Gasteiger partial charge in [-0.1, -0.05) is 42.1 Å². The molecule has 0 spiro atoms. The lowest BCUT2D eigenvalue weighted by Crippen LogP contribution is -2.49. The summed E-state index contributed by atoms with van der Waals surface area (Å²) in [5, 5.41) is 12.9. The van der Waals surface area contributed by atoms with E-state index in [1.54, 1.807) is 0 Å². The average molecular weight is 326 g/mol. The van der Waals surface area contributed by atoms with Crippen LogP contribution in [0.4, 0.5) is 5.69 Å². The van der Waals surface area contributed by atoms with E-state index < -0.39 is 11.5 Å². The van der Waals surface area contributed by atoms with Gasteiger partial charge in [0.15, 0.2) is 0 Å². The first kappa shape index (κ1) is 14.4. The van der Waals surface area contributed by atoms with Crippen molar-refractivity contribution in [2.24, 2.45) is 5.92 Å². The molecule has 19 heavy (non-hydrogen) atoms. The van der Waals surface area contributed by atoms with Crippen LogP contribution in [-0.2, 0) is 4.79 Å². The van der Waals surface area contributed by atoms with Crippen LogP contribution in [0.2, 0.25) is 0 Å². The summed E-state index contributed by atoms with van der Waals surface area (Å²) in [7, 11) is 0. The zero-order valence-corrected chi connectivity index (χ0v) is 12.7. The van der Waals surface area contributed by atoms with Crippen molar-refractivity contribution in [2.75, 3.05) is 5.32 Å². The van der Waals surface area contributed by atoms with E-state index in [1.807, 2.05) is 24.3 Å². The molecule has 104 valence electrons. The standard InChI is InChI=1S/C15H20BrNO2/c1-2-11-4-3-9-15(10-11,14(18)19)17-13-7-5-12(16)6-8-13/h5-8,11,17H,2-4,9-10H2,1H3,(H,18,19).